The molecule has 0 aliphatic carbocycles. The molecule has 0 saturated heterocycles. The van der Waals surface area contributed by atoms with E-state index in [1.807, 2.05) is 0 Å². The number of hydrogen-bond donors (Lipinski definition) is 3. The van der Waals surface area contributed by atoms with Gasteiger partial charge < -0.3 is 26.3 Å². The molecule has 0 atom stereocenters. The largest absolute Gasteiger partial charge is 0.383 e. The van der Waals surface area contributed by atoms with Gasteiger partial charge in [0, 0.05) is 26.3 Å². The van der Waals surface area contributed by atoms with E-state index in [4.69, 9.17) is 20.9 Å². The van der Waals surface area contributed by atoms with Gasteiger partial charge in [0.1, 0.15) is 11.6 Å². The summed E-state index contributed by atoms with van der Waals surface area (Å²) in [5.41, 5.74) is 11.0. The SMILES string of the molecule is COCCOCCCNc1cc(N)nc(N)n1. The molecular formula is C10H19N5O2. The van der Waals surface area contributed by atoms with Gasteiger partial charge >= 0.3 is 0 Å². The maximum absolute atomic E-state index is 5.54. The molecule has 0 spiro atoms. The lowest BCUT2D eigenvalue weighted by molar-refractivity contribution is 0.0705. The number of hydrogen-bond acceptors (Lipinski definition) is 7. The zero-order valence-corrected chi connectivity index (χ0v) is 9.98. The van der Waals surface area contributed by atoms with E-state index in [-0.39, 0.29) is 5.95 Å². The van der Waals surface area contributed by atoms with Crippen molar-refractivity contribution in [3.05, 3.63) is 6.07 Å². The molecule has 0 saturated carbocycles. The number of methoxy groups -OCH3 is 1. The number of nitrogens with zero attached hydrogens (tertiary/aromatic N) is 2. The Labute approximate surface area is 101 Å². The Morgan fingerprint density at radius 2 is 2.06 bits per heavy atom. The van der Waals surface area contributed by atoms with E-state index in [1.165, 1.54) is 0 Å². The van der Waals surface area contributed by atoms with E-state index in [1.54, 1.807) is 13.2 Å². The molecule has 0 aliphatic rings. The molecule has 1 heterocycles. The van der Waals surface area contributed by atoms with Crippen LogP contribution in [-0.2, 0) is 9.47 Å². The van der Waals surface area contributed by atoms with E-state index in [0.717, 1.165) is 13.0 Å². The highest BCUT2D eigenvalue weighted by Gasteiger charge is 1.98. The summed E-state index contributed by atoms with van der Waals surface area (Å²) in [7, 11) is 1.65. The number of nitrogens with two attached hydrogens (primary N) is 2. The van der Waals surface area contributed by atoms with Gasteiger partial charge in [-0.15, -0.1) is 0 Å². The molecule has 96 valence electrons. The fourth-order valence-electron chi connectivity index (χ4n) is 1.21. The Kier molecular flexibility index (Phi) is 6.05. The second-order valence-electron chi connectivity index (χ2n) is 3.42. The summed E-state index contributed by atoms with van der Waals surface area (Å²) >= 11 is 0. The van der Waals surface area contributed by atoms with Crippen molar-refractivity contribution in [1.82, 2.24) is 9.97 Å². The topological polar surface area (TPSA) is 108 Å². The Morgan fingerprint density at radius 3 is 2.76 bits per heavy atom. The molecule has 0 aliphatic heterocycles. The summed E-state index contributed by atoms with van der Waals surface area (Å²) in [6.07, 6.45) is 0.869. The minimum atomic E-state index is 0.170. The average molecular weight is 241 g/mol. The lowest BCUT2D eigenvalue weighted by Crippen LogP contribution is -2.10. The standard InChI is InChI=1S/C10H19N5O2/c1-16-5-6-17-4-2-3-13-9-7-8(11)14-10(12)15-9/h7H,2-6H2,1H3,(H5,11,12,13,14,15). The smallest absolute Gasteiger partial charge is 0.223 e. The van der Waals surface area contributed by atoms with Crippen LogP contribution in [0.25, 0.3) is 0 Å². The molecular weight excluding hydrogens is 222 g/mol. The van der Waals surface area contributed by atoms with Crippen LogP contribution in [-0.4, -0.2) is 43.4 Å². The Hall–Kier alpha value is -1.60. The fraction of sp³-hybridized carbons (Fsp3) is 0.600. The van der Waals surface area contributed by atoms with E-state index in [9.17, 15) is 0 Å². The predicted molar refractivity (Wildman–Crippen MR) is 66.7 cm³/mol. The van der Waals surface area contributed by atoms with Crippen molar-refractivity contribution >= 4 is 17.6 Å². The second kappa shape index (κ2) is 7.64. The normalized spacial score (nSPS) is 10.4. The number of nitrogen functional groups attached to an aromatic ring is 2. The highest BCUT2D eigenvalue weighted by Crippen LogP contribution is 2.08. The van der Waals surface area contributed by atoms with Crippen LogP contribution in [0.15, 0.2) is 6.07 Å². The maximum atomic E-state index is 5.54. The number of ether oxygens (including phenoxy) is 2. The van der Waals surface area contributed by atoms with E-state index in [0.29, 0.717) is 31.5 Å². The van der Waals surface area contributed by atoms with Crippen molar-refractivity contribution in [2.24, 2.45) is 0 Å². The van der Waals surface area contributed by atoms with Gasteiger partial charge in [-0.2, -0.15) is 9.97 Å². The van der Waals surface area contributed by atoms with Crippen LogP contribution in [0, 0.1) is 0 Å². The predicted octanol–water partition coefficient (Wildman–Crippen LogP) is 0.106. The van der Waals surface area contributed by atoms with Gasteiger partial charge in [-0.05, 0) is 6.42 Å². The molecule has 17 heavy (non-hydrogen) atoms. The van der Waals surface area contributed by atoms with Crippen molar-refractivity contribution in [3.63, 3.8) is 0 Å². The molecule has 0 unspecified atom stereocenters. The Bertz CT molecular complexity index is 314. The number of rotatable bonds is 8. The molecule has 0 radical (unpaired) electrons. The lowest BCUT2D eigenvalue weighted by Gasteiger charge is -2.07. The first kappa shape index (κ1) is 13.5. The summed E-state index contributed by atoms with van der Waals surface area (Å²) in [4.78, 5) is 7.77. The lowest BCUT2D eigenvalue weighted by atomic mass is 10.4. The quantitative estimate of drug-likeness (QED) is 0.554. The molecule has 1 aromatic rings. The zero-order valence-electron chi connectivity index (χ0n) is 9.98. The summed E-state index contributed by atoms with van der Waals surface area (Å²) in [5, 5.41) is 3.09. The molecule has 0 aromatic carbocycles. The van der Waals surface area contributed by atoms with Crippen LogP contribution < -0.4 is 16.8 Å². The molecule has 7 heteroatoms. The minimum absolute atomic E-state index is 0.170. The second-order valence-corrected chi connectivity index (χ2v) is 3.42. The minimum Gasteiger partial charge on any atom is -0.383 e. The summed E-state index contributed by atoms with van der Waals surface area (Å²) in [6.45, 7) is 2.64. The molecule has 0 amide bonds. The van der Waals surface area contributed by atoms with Gasteiger partial charge in [-0.1, -0.05) is 0 Å². The third-order valence-electron chi connectivity index (χ3n) is 1.97. The van der Waals surface area contributed by atoms with E-state index < -0.39 is 0 Å². The van der Waals surface area contributed by atoms with Crippen LogP contribution in [0.5, 0.6) is 0 Å². The highest BCUT2D eigenvalue weighted by atomic mass is 16.5. The van der Waals surface area contributed by atoms with Crippen LogP contribution in [0.4, 0.5) is 17.6 Å². The average Bonchev–Trinajstić information content (AvgIpc) is 2.26. The van der Waals surface area contributed by atoms with Crippen molar-refractivity contribution in [3.8, 4) is 0 Å². The third-order valence-corrected chi connectivity index (χ3v) is 1.97. The van der Waals surface area contributed by atoms with Gasteiger partial charge in [0.2, 0.25) is 5.95 Å². The molecule has 1 aromatic heterocycles. The number of anilines is 3. The first-order valence-electron chi connectivity index (χ1n) is 5.43. The summed E-state index contributed by atoms with van der Waals surface area (Å²) in [5.74, 6) is 1.16. The molecule has 7 nitrogen and oxygen atoms in total. The Balaban J connectivity index is 2.13. The van der Waals surface area contributed by atoms with Crippen molar-refractivity contribution in [2.75, 3.05) is 50.3 Å². The van der Waals surface area contributed by atoms with Gasteiger partial charge in [0.15, 0.2) is 0 Å². The monoisotopic (exact) mass is 241 g/mol. The Morgan fingerprint density at radius 1 is 1.24 bits per heavy atom. The number of aromatic nitrogens is 2. The van der Waals surface area contributed by atoms with E-state index in [2.05, 4.69) is 15.3 Å². The first-order valence-corrected chi connectivity index (χ1v) is 5.43. The van der Waals surface area contributed by atoms with Gasteiger partial charge in [-0.3, -0.25) is 0 Å². The van der Waals surface area contributed by atoms with Crippen LogP contribution >= 0.6 is 0 Å². The maximum Gasteiger partial charge on any atom is 0.223 e. The summed E-state index contributed by atoms with van der Waals surface area (Å²) in [6, 6.07) is 1.64. The van der Waals surface area contributed by atoms with Crippen molar-refractivity contribution in [1.29, 1.82) is 0 Å². The van der Waals surface area contributed by atoms with Crippen LogP contribution in [0.1, 0.15) is 6.42 Å². The van der Waals surface area contributed by atoms with Crippen LogP contribution in [0.3, 0.4) is 0 Å². The van der Waals surface area contributed by atoms with Crippen molar-refractivity contribution in [2.45, 2.75) is 6.42 Å². The van der Waals surface area contributed by atoms with Crippen molar-refractivity contribution < 1.29 is 9.47 Å². The zero-order chi connectivity index (χ0) is 12.5. The first-order chi connectivity index (χ1) is 8.22. The van der Waals surface area contributed by atoms with Gasteiger partial charge in [0.25, 0.3) is 0 Å². The molecule has 5 N–H and O–H groups in total. The third kappa shape index (κ3) is 5.88. The molecule has 0 fully saturated rings. The van der Waals surface area contributed by atoms with Crippen LogP contribution in [0.2, 0.25) is 0 Å². The molecule has 0 bridgehead atoms. The van der Waals surface area contributed by atoms with E-state index >= 15 is 0 Å². The summed E-state index contributed by atoms with van der Waals surface area (Å²) < 4.78 is 10.2. The fourth-order valence-corrected chi connectivity index (χ4v) is 1.21. The van der Waals surface area contributed by atoms with Gasteiger partial charge in [0.05, 0.1) is 13.2 Å². The van der Waals surface area contributed by atoms with Gasteiger partial charge in [-0.25, -0.2) is 0 Å². The number of nitrogens with one attached hydrogen (secondary N) is 1. The molecule has 1 rings (SSSR count). The highest BCUT2D eigenvalue weighted by molar-refractivity contribution is 5.48.